The number of hydrogen-bond acceptors (Lipinski definition) is 10. The smallest absolute Gasteiger partial charge is 0.438 e. The zero-order chi connectivity index (χ0) is 24.2. The van der Waals surface area contributed by atoms with Crippen molar-refractivity contribution in [3.63, 3.8) is 0 Å². The molecule has 12 heteroatoms. The number of anilines is 1. The molecule has 0 aliphatic heterocycles. The van der Waals surface area contributed by atoms with Gasteiger partial charge in [0.15, 0.2) is 0 Å². The summed E-state index contributed by atoms with van der Waals surface area (Å²) >= 11 is 2.29. The molecule has 34 heavy (non-hydrogen) atoms. The van der Waals surface area contributed by atoms with E-state index >= 15 is 0 Å². The number of Topliss-reactive ketones (excluding diaryl/α,β-unsaturated/α-hetero) is 1. The van der Waals surface area contributed by atoms with Crippen LogP contribution in [0.2, 0.25) is 0 Å². The lowest BCUT2D eigenvalue weighted by atomic mass is 10.0. The van der Waals surface area contributed by atoms with Crippen LogP contribution in [0, 0.1) is 22.7 Å². The Hall–Kier alpha value is -4.39. The minimum absolute atomic E-state index is 0.0469. The molecule has 3 aromatic heterocycles. The van der Waals surface area contributed by atoms with Crippen LogP contribution in [0.15, 0.2) is 56.1 Å². The molecule has 3 heterocycles. The molecule has 3 N–H and O–H groups in total. The fourth-order valence-corrected chi connectivity index (χ4v) is 4.84. The predicted octanol–water partition coefficient (Wildman–Crippen LogP) is 2.68. The van der Waals surface area contributed by atoms with Crippen molar-refractivity contribution in [3.8, 4) is 34.0 Å². The van der Waals surface area contributed by atoms with Crippen molar-refractivity contribution in [2.45, 2.75) is 5.03 Å². The summed E-state index contributed by atoms with van der Waals surface area (Å²) in [5, 5.41) is 23.8. The van der Waals surface area contributed by atoms with Gasteiger partial charge in [0.1, 0.15) is 34.3 Å². The van der Waals surface area contributed by atoms with Crippen LogP contribution >= 0.6 is 23.1 Å². The molecule has 0 unspecified atom stereocenters. The summed E-state index contributed by atoms with van der Waals surface area (Å²) in [5.41, 5.74) is 6.01. The quantitative estimate of drug-likeness (QED) is 0.225. The van der Waals surface area contributed by atoms with Gasteiger partial charge in [-0.1, -0.05) is 17.8 Å². The van der Waals surface area contributed by atoms with E-state index in [4.69, 9.17) is 15.0 Å². The van der Waals surface area contributed by atoms with Gasteiger partial charge in [0, 0.05) is 22.6 Å². The highest BCUT2D eigenvalue weighted by Gasteiger charge is 2.31. The molecule has 0 aliphatic rings. The Bertz CT molecular complexity index is 1510. The molecule has 0 fully saturated rings. The number of aromatic amines is 1. The first-order valence-electron chi connectivity index (χ1n) is 9.60. The Morgan fingerprint density at radius 1 is 1.26 bits per heavy atom. The highest BCUT2D eigenvalue weighted by atomic mass is 32.2. The summed E-state index contributed by atoms with van der Waals surface area (Å²) in [4.78, 5) is 30.1. The number of methoxy groups -OCH3 is 1. The van der Waals surface area contributed by atoms with E-state index < -0.39 is 11.4 Å². The summed E-state index contributed by atoms with van der Waals surface area (Å²) in [6, 6.07) is 14.3. The number of rotatable bonds is 7. The number of ether oxygens (including phenoxy) is 1. The van der Waals surface area contributed by atoms with Crippen LogP contribution in [0.1, 0.15) is 21.6 Å². The number of H-pyrrole nitrogens is 1. The summed E-state index contributed by atoms with van der Waals surface area (Å²) in [5.74, 6) is -0.222. The molecule has 0 atom stereocenters. The Balaban J connectivity index is 1.68. The second-order valence-corrected chi connectivity index (χ2v) is 8.61. The minimum atomic E-state index is -0.839. The zero-order valence-corrected chi connectivity index (χ0v) is 19.2. The third kappa shape index (κ3) is 4.15. The van der Waals surface area contributed by atoms with Gasteiger partial charge in [-0.25, -0.2) is 9.78 Å². The van der Waals surface area contributed by atoms with Crippen molar-refractivity contribution >= 4 is 34.7 Å². The lowest BCUT2D eigenvalue weighted by Gasteiger charge is -2.11. The monoisotopic (exact) mass is 491 g/mol. The maximum atomic E-state index is 13.0. The van der Waals surface area contributed by atoms with E-state index in [9.17, 15) is 20.1 Å². The van der Waals surface area contributed by atoms with Gasteiger partial charge in [-0.3, -0.25) is 9.32 Å². The summed E-state index contributed by atoms with van der Waals surface area (Å²) < 4.78 is 11.2. The first kappa shape index (κ1) is 22.8. The molecule has 0 radical (unpaired) electrons. The number of carbonyl (C=O) groups excluding carboxylic acids is 1. The van der Waals surface area contributed by atoms with Gasteiger partial charge in [-0.05, 0) is 33.5 Å². The van der Waals surface area contributed by atoms with Crippen molar-refractivity contribution in [1.82, 2.24) is 10.3 Å². The number of nitrogens with two attached hydrogens (primary N) is 1. The predicted molar refractivity (Wildman–Crippen MR) is 124 cm³/mol. The first-order chi connectivity index (χ1) is 16.5. The van der Waals surface area contributed by atoms with Gasteiger partial charge >= 0.3 is 11.3 Å². The second kappa shape index (κ2) is 9.62. The molecule has 0 bridgehead atoms. The Morgan fingerprint density at radius 2 is 2.00 bits per heavy atom. The van der Waals surface area contributed by atoms with Gasteiger partial charge in [0.25, 0.3) is 0 Å². The van der Waals surface area contributed by atoms with Crippen molar-refractivity contribution in [3.05, 3.63) is 69.0 Å². The molecule has 4 rings (SSSR count). The largest absolute Gasteiger partial charge is 0.497 e. The van der Waals surface area contributed by atoms with Gasteiger partial charge < -0.3 is 10.5 Å². The third-order valence-electron chi connectivity index (χ3n) is 4.76. The van der Waals surface area contributed by atoms with E-state index in [1.54, 1.807) is 36.4 Å². The molecule has 1 aromatic carbocycles. The van der Waals surface area contributed by atoms with Crippen LogP contribution in [0.5, 0.6) is 5.75 Å². The maximum absolute atomic E-state index is 13.0. The number of nitrogens with zero attached hydrogens (tertiary/aromatic N) is 4. The van der Waals surface area contributed by atoms with Crippen molar-refractivity contribution in [1.29, 1.82) is 10.5 Å². The number of benzene rings is 1. The SMILES string of the molecule is COc1ccc(-[n+]2[nH]oc(=O)c2C(=O)CSc2nc(N)c(C#N)c(-c3cccs3)c2C#N)cc1. The summed E-state index contributed by atoms with van der Waals surface area (Å²) in [7, 11) is 1.53. The van der Waals surface area contributed by atoms with E-state index in [0.717, 1.165) is 11.8 Å². The molecule has 0 saturated heterocycles. The standard InChI is InChI=1S/C22H14N6O4S2/c1-31-13-6-4-12(5-7-13)28-19(22(30)32-27-28)16(29)11-34-21-15(10-24)18(17-3-2-8-33-17)14(9-23)20(25)26-21/h2-8H,11H2,1H3,(H2-,25,26,27,29,30)/p+1. The highest BCUT2D eigenvalue weighted by molar-refractivity contribution is 8.00. The van der Waals surface area contributed by atoms with Crippen LogP contribution in [0.3, 0.4) is 0 Å². The number of carbonyl (C=O) groups is 1. The molecule has 0 amide bonds. The second-order valence-electron chi connectivity index (χ2n) is 6.70. The fraction of sp³-hybridized carbons (Fsp3) is 0.0909. The Kier molecular flexibility index (Phi) is 6.45. The lowest BCUT2D eigenvalue weighted by molar-refractivity contribution is -0.672. The molecule has 10 nitrogen and oxygen atoms in total. The summed E-state index contributed by atoms with van der Waals surface area (Å²) in [6.07, 6.45) is 0. The van der Waals surface area contributed by atoms with Gasteiger partial charge in [-0.15, -0.1) is 11.3 Å². The average Bonchev–Trinajstić information content (AvgIpc) is 3.52. The number of nitrogen functional groups attached to an aromatic ring is 1. The van der Waals surface area contributed by atoms with E-state index in [0.29, 0.717) is 21.9 Å². The van der Waals surface area contributed by atoms with Crippen LogP contribution in [-0.4, -0.2) is 28.9 Å². The molecular formula is C22H15N6O4S2+. The third-order valence-corrected chi connectivity index (χ3v) is 6.63. The van der Waals surface area contributed by atoms with Crippen LogP contribution in [0.25, 0.3) is 16.1 Å². The molecular weight excluding hydrogens is 476 g/mol. The molecule has 0 saturated carbocycles. The molecule has 0 spiro atoms. The van der Waals surface area contributed by atoms with Crippen LogP contribution < -0.4 is 20.8 Å². The van der Waals surface area contributed by atoms with Crippen molar-refractivity contribution in [2.75, 3.05) is 18.6 Å². The summed E-state index contributed by atoms with van der Waals surface area (Å²) in [6.45, 7) is 0. The number of aromatic nitrogens is 3. The molecule has 0 aliphatic carbocycles. The zero-order valence-electron chi connectivity index (χ0n) is 17.6. The number of thiophene rings is 1. The number of thioether (sulfide) groups is 1. The van der Waals surface area contributed by atoms with Crippen LogP contribution in [0.4, 0.5) is 5.82 Å². The Morgan fingerprint density at radius 3 is 2.62 bits per heavy atom. The first-order valence-corrected chi connectivity index (χ1v) is 11.5. The Labute approximate surface area is 200 Å². The fourth-order valence-electron chi connectivity index (χ4n) is 3.20. The molecule has 4 aromatic rings. The number of ketones is 1. The normalized spacial score (nSPS) is 10.4. The lowest BCUT2D eigenvalue weighted by Crippen LogP contribution is -2.41. The van der Waals surface area contributed by atoms with Crippen molar-refractivity contribution in [2.24, 2.45) is 0 Å². The van der Waals surface area contributed by atoms with E-state index in [-0.39, 0.29) is 33.4 Å². The highest BCUT2D eigenvalue weighted by Crippen LogP contribution is 2.37. The van der Waals surface area contributed by atoms with Gasteiger partial charge in [-0.2, -0.15) is 10.5 Å². The number of hydrogen-bond donors (Lipinski definition) is 2. The number of nitrogens with one attached hydrogen (secondary N) is 1. The maximum Gasteiger partial charge on any atom is 0.438 e. The van der Waals surface area contributed by atoms with Crippen molar-refractivity contribution < 1.29 is 18.7 Å². The van der Waals surface area contributed by atoms with E-state index in [1.807, 2.05) is 11.4 Å². The van der Waals surface area contributed by atoms with Gasteiger partial charge in [0.05, 0.1) is 18.4 Å². The van der Waals surface area contributed by atoms with Crippen LogP contribution in [-0.2, 0) is 0 Å². The number of nitriles is 2. The van der Waals surface area contributed by atoms with E-state index in [2.05, 4.69) is 16.3 Å². The molecule has 168 valence electrons. The average molecular weight is 492 g/mol. The van der Waals surface area contributed by atoms with Gasteiger partial charge in [0.2, 0.25) is 11.5 Å². The number of pyridine rings is 1. The van der Waals surface area contributed by atoms with E-state index in [1.165, 1.54) is 23.1 Å². The minimum Gasteiger partial charge on any atom is -0.497 e. The topological polar surface area (TPSA) is 163 Å².